The molecular weight excluding hydrogens is 672 g/mol. The molecule has 0 unspecified atom stereocenters. The molecule has 0 saturated carbocycles. The van der Waals surface area contributed by atoms with Crippen molar-refractivity contribution in [3.05, 3.63) is 102 Å². The SMILES string of the molecule is COC1=CC(=O)C=C(C)[C@]1(O)C(=O)Oc1c(C)c(C)c(C(=O)Oc2cc(C)c(C(=O)Oc3c(C)c(C)c(C(=O)O)c(C)c3C)c(O)c2C)c(C)c1C. The number of ketones is 1. The predicted octanol–water partition coefficient (Wildman–Crippen LogP) is 6.31. The summed E-state index contributed by atoms with van der Waals surface area (Å²) in [5.74, 6) is -4.78. The van der Waals surface area contributed by atoms with Crippen LogP contribution in [-0.4, -0.2) is 57.7 Å². The van der Waals surface area contributed by atoms with Gasteiger partial charge in [-0.25, -0.2) is 19.2 Å². The normalized spacial score (nSPS) is 15.4. The van der Waals surface area contributed by atoms with Gasteiger partial charge in [-0.15, -0.1) is 0 Å². The maximum Gasteiger partial charge on any atom is 0.356 e. The quantitative estimate of drug-likeness (QED) is 0.175. The van der Waals surface area contributed by atoms with Crippen LogP contribution in [0.1, 0.15) is 93.6 Å². The standard InChI is InChI=1S/C40H42O12/c1-16-13-28(26(11)33(42)30(16)37(45)51-34-22(7)18(3)31(36(43)44)19(4)23(34)8)50-38(46)32-20(5)24(9)35(25(10)21(32)6)52-39(47)40(48)17(2)14-27(41)15-29(40)49-12/h13-15,42,48H,1-12H3,(H,43,44)/t40-/m1/s1. The Morgan fingerprint density at radius 1 is 0.615 bits per heavy atom. The Labute approximate surface area is 301 Å². The van der Waals surface area contributed by atoms with Gasteiger partial charge >= 0.3 is 23.9 Å². The Balaban J connectivity index is 1.66. The Hall–Kier alpha value is -5.75. The van der Waals surface area contributed by atoms with Gasteiger partial charge in [-0.3, -0.25) is 4.79 Å². The zero-order valence-corrected chi connectivity index (χ0v) is 31.2. The molecule has 0 radical (unpaired) electrons. The lowest BCUT2D eigenvalue weighted by molar-refractivity contribution is -0.151. The van der Waals surface area contributed by atoms with Gasteiger partial charge < -0.3 is 34.3 Å². The Morgan fingerprint density at radius 3 is 1.56 bits per heavy atom. The van der Waals surface area contributed by atoms with Crippen molar-refractivity contribution in [1.82, 2.24) is 0 Å². The van der Waals surface area contributed by atoms with E-state index in [0.29, 0.717) is 44.5 Å². The van der Waals surface area contributed by atoms with Crippen LogP contribution in [0.2, 0.25) is 0 Å². The summed E-state index contributed by atoms with van der Waals surface area (Å²) in [7, 11) is 1.22. The van der Waals surface area contributed by atoms with Gasteiger partial charge in [0.05, 0.1) is 18.2 Å². The second-order valence-corrected chi connectivity index (χ2v) is 13.1. The van der Waals surface area contributed by atoms with Crippen LogP contribution < -0.4 is 14.2 Å². The topological polar surface area (TPSA) is 183 Å². The summed E-state index contributed by atoms with van der Waals surface area (Å²) < 4.78 is 22.4. The fraction of sp³-hybridized carbons (Fsp3) is 0.325. The van der Waals surface area contributed by atoms with Crippen LogP contribution in [-0.2, 0) is 14.3 Å². The number of carboxylic acids is 1. The van der Waals surface area contributed by atoms with Gasteiger partial charge in [-0.05, 0) is 144 Å². The van der Waals surface area contributed by atoms with Crippen molar-refractivity contribution in [2.45, 2.75) is 81.8 Å². The summed E-state index contributed by atoms with van der Waals surface area (Å²) in [4.78, 5) is 64.5. The smallest absolute Gasteiger partial charge is 0.356 e. The molecule has 1 aliphatic carbocycles. The zero-order valence-electron chi connectivity index (χ0n) is 31.2. The molecular formula is C40H42O12. The van der Waals surface area contributed by atoms with Crippen LogP contribution in [0, 0.1) is 69.2 Å². The summed E-state index contributed by atoms with van der Waals surface area (Å²) in [5, 5.41) is 32.2. The molecule has 0 amide bonds. The molecule has 4 rings (SSSR count). The maximum absolute atomic E-state index is 13.7. The van der Waals surface area contributed by atoms with Gasteiger partial charge in [-0.1, -0.05) is 0 Å². The number of aromatic hydroxyl groups is 1. The number of benzene rings is 3. The number of rotatable bonds is 8. The number of methoxy groups -OCH3 is 1. The van der Waals surface area contributed by atoms with E-state index < -0.39 is 41.0 Å². The van der Waals surface area contributed by atoms with E-state index in [1.165, 1.54) is 27.0 Å². The van der Waals surface area contributed by atoms with E-state index in [0.717, 1.165) is 12.2 Å². The molecule has 12 nitrogen and oxygen atoms in total. The fourth-order valence-corrected chi connectivity index (χ4v) is 6.44. The Kier molecular flexibility index (Phi) is 10.6. The van der Waals surface area contributed by atoms with Gasteiger partial charge in [0.15, 0.2) is 5.78 Å². The molecule has 3 aromatic carbocycles. The van der Waals surface area contributed by atoms with E-state index in [1.54, 1.807) is 62.3 Å². The third-order valence-electron chi connectivity index (χ3n) is 10.1. The van der Waals surface area contributed by atoms with Crippen LogP contribution in [0.25, 0.3) is 0 Å². The summed E-state index contributed by atoms with van der Waals surface area (Å²) in [6, 6.07) is 1.43. The molecule has 3 aromatic rings. The van der Waals surface area contributed by atoms with Crippen molar-refractivity contribution in [2.75, 3.05) is 7.11 Å². The van der Waals surface area contributed by atoms with E-state index >= 15 is 0 Å². The van der Waals surface area contributed by atoms with E-state index in [1.807, 2.05) is 0 Å². The fourth-order valence-electron chi connectivity index (χ4n) is 6.44. The minimum Gasteiger partial charge on any atom is -0.507 e. The number of carbonyl (C=O) groups excluding carboxylic acids is 4. The molecule has 0 spiro atoms. The molecule has 12 heteroatoms. The summed E-state index contributed by atoms with van der Waals surface area (Å²) in [6.45, 7) is 17.5. The number of phenols is 1. The van der Waals surface area contributed by atoms with Crippen molar-refractivity contribution >= 4 is 29.7 Å². The molecule has 52 heavy (non-hydrogen) atoms. The average Bonchev–Trinajstić information content (AvgIpc) is 3.07. The summed E-state index contributed by atoms with van der Waals surface area (Å²) in [6.07, 6.45) is 2.12. The minimum atomic E-state index is -2.35. The van der Waals surface area contributed by atoms with Crippen LogP contribution in [0.4, 0.5) is 0 Å². The molecule has 0 aromatic heterocycles. The first kappa shape index (κ1) is 39.0. The van der Waals surface area contributed by atoms with E-state index in [2.05, 4.69) is 0 Å². The first-order chi connectivity index (χ1) is 24.1. The average molecular weight is 715 g/mol. The number of carboxylic acid groups (broad SMARTS) is 1. The maximum atomic E-state index is 13.7. The van der Waals surface area contributed by atoms with Crippen molar-refractivity contribution in [3.8, 4) is 23.0 Å². The van der Waals surface area contributed by atoms with Gasteiger partial charge in [0, 0.05) is 11.6 Å². The predicted molar refractivity (Wildman–Crippen MR) is 190 cm³/mol. The van der Waals surface area contributed by atoms with Crippen molar-refractivity contribution in [3.63, 3.8) is 0 Å². The van der Waals surface area contributed by atoms with Gasteiger partial charge in [0.1, 0.15) is 34.3 Å². The molecule has 0 saturated heterocycles. The third kappa shape index (κ3) is 6.34. The Bertz CT molecular complexity index is 2120. The highest BCUT2D eigenvalue weighted by Gasteiger charge is 2.48. The highest BCUT2D eigenvalue weighted by Crippen LogP contribution is 2.40. The number of hydrogen-bond donors (Lipinski definition) is 3. The number of phenolic OH excluding ortho intramolecular Hbond substituents is 1. The van der Waals surface area contributed by atoms with Crippen LogP contribution in [0.3, 0.4) is 0 Å². The zero-order chi connectivity index (χ0) is 39.3. The van der Waals surface area contributed by atoms with E-state index in [-0.39, 0.29) is 56.4 Å². The second-order valence-electron chi connectivity index (χ2n) is 13.1. The number of ether oxygens (including phenoxy) is 4. The molecule has 3 N–H and O–H groups in total. The third-order valence-corrected chi connectivity index (χ3v) is 10.1. The van der Waals surface area contributed by atoms with Crippen LogP contribution in [0.5, 0.6) is 23.0 Å². The van der Waals surface area contributed by atoms with E-state index in [9.17, 15) is 39.3 Å². The minimum absolute atomic E-state index is 0.0127. The lowest BCUT2D eigenvalue weighted by Gasteiger charge is -2.31. The largest absolute Gasteiger partial charge is 0.507 e. The molecule has 1 atom stereocenters. The van der Waals surface area contributed by atoms with Gasteiger partial charge in [-0.2, -0.15) is 0 Å². The summed E-state index contributed by atoms with van der Waals surface area (Å²) in [5.41, 5.74) is 1.64. The van der Waals surface area contributed by atoms with Gasteiger partial charge in [0.2, 0.25) is 5.60 Å². The van der Waals surface area contributed by atoms with Crippen LogP contribution in [0.15, 0.2) is 29.6 Å². The Morgan fingerprint density at radius 2 is 1.08 bits per heavy atom. The van der Waals surface area contributed by atoms with Crippen molar-refractivity contribution < 1.29 is 58.2 Å². The first-order valence-electron chi connectivity index (χ1n) is 16.3. The number of carbonyl (C=O) groups is 5. The first-order valence-corrected chi connectivity index (χ1v) is 16.3. The molecule has 0 fully saturated rings. The molecule has 0 bridgehead atoms. The number of allylic oxidation sites excluding steroid dienone is 2. The monoisotopic (exact) mass is 714 g/mol. The second kappa shape index (κ2) is 14.1. The highest BCUT2D eigenvalue weighted by molar-refractivity contribution is 6.06. The summed E-state index contributed by atoms with van der Waals surface area (Å²) >= 11 is 0. The van der Waals surface area contributed by atoms with Crippen molar-refractivity contribution in [1.29, 1.82) is 0 Å². The van der Waals surface area contributed by atoms with E-state index in [4.69, 9.17) is 18.9 Å². The van der Waals surface area contributed by atoms with Crippen molar-refractivity contribution in [2.24, 2.45) is 0 Å². The number of hydrogen-bond acceptors (Lipinski definition) is 11. The lowest BCUT2D eigenvalue weighted by Crippen LogP contribution is -2.47. The number of aryl methyl sites for hydroxylation is 1. The molecule has 0 aliphatic heterocycles. The van der Waals surface area contributed by atoms with Gasteiger partial charge in [0.25, 0.3) is 0 Å². The van der Waals surface area contributed by atoms with Crippen LogP contribution >= 0.6 is 0 Å². The number of aromatic carboxylic acids is 1. The molecule has 274 valence electrons. The number of esters is 3. The lowest BCUT2D eigenvalue weighted by atomic mass is 9.87. The molecule has 1 aliphatic rings. The number of aliphatic hydroxyl groups is 1. The molecule has 0 heterocycles. The highest BCUT2D eigenvalue weighted by atomic mass is 16.6.